The van der Waals surface area contributed by atoms with Crippen molar-refractivity contribution in [3.05, 3.63) is 145 Å². The van der Waals surface area contributed by atoms with Crippen LogP contribution in [0.1, 0.15) is 48.7 Å². The Morgan fingerprint density at radius 2 is 1.03 bits per heavy atom. The molecular weight excluding hydrogens is 1050 g/mol. The SMILES string of the molecule is N#Cc1ccc2cc(C(=O)Cc3c(Cl)cc(C(F)(C(F)(F)F)C(F)(F)F)cc3OC(F)F)ccc2n1.O=C(Cc1c(Cl)cc(C(F)(C(F)(F)F)C(F)(F)F)cc1OC(F)F)c1ccc2c(ccc[n+]2[O-])c1. The van der Waals surface area contributed by atoms with Crippen molar-refractivity contribution in [2.75, 3.05) is 0 Å². The van der Waals surface area contributed by atoms with E-state index in [0.717, 1.165) is 0 Å². The number of nitrogens with zero attached hydrogens (tertiary/aromatic N) is 3. The summed E-state index contributed by atoms with van der Waals surface area (Å²) in [5.74, 6) is -4.38. The molecule has 4 aromatic carbocycles. The van der Waals surface area contributed by atoms with Crippen LogP contribution < -0.4 is 14.2 Å². The number of Topliss-reactive ketones (excluding diaryl/α,β-unsaturated/α-hetero) is 2. The van der Waals surface area contributed by atoms with Crippen molar-refractivity contribution in [1.29, 1.82) is 5.26 Å². The van der Waals surface area contributed by atoms with Gasteiger partial charge in [-0.15, -0.1) is 0 Å². The topological polar surface area (TPSA) is 116 Å². The number of pyridine rings is 2. The van der Waals surface area contributed by atoms with E-state index < -0.39 is 117 Å². The maximum absolute atomic E-state index is 14.5. The molecular formula is C43H21Cl2F18N3O5. The number of carbonyl (C=O) groups excluding carboxylic acids is 2. The van der Waals surface area contributed by atoms with Gasteiger partial charge in [-0.25, -0.2) is 13.8 Å². The van der Waals surface area contributed by atoms with Gasteiger partial charge in [0.1, 0.15) is 23.3 Å². The Kier molecular flexibility index (Phi) is 15.7. The highest BCUT2D eigenvalue weighted by Crippen LogP contribution is 2.56. The number of halogens is 20. The number of ketones is 2. The van der Waals surface area contributed by atoms with Gasteiger partial charge in [0.05, 0.1) is 5.52 Å². The molecule has 0 aliphatic rings. The third kappa shape index (κ3) is 11.4. The maximum Gasteiger partial charge on any atom is 0.435 e. The largest absolute Gasteiger partial charge is 0.618 e. The fourth-order valence-corrected chi connectivity index (χ4v) is 7.15. The predicted octanol–water partition coefficient (Wildman–Crippen LogP) is 13.5. The van der Waals surface area contributed by atoms with Crippen molar-refractivity contribution in [2.24, 2.45) is 0 Å². The zero-order valence-electron chi connectivity index (χ0n) is 34.2. The highest BCUT2D eigenvalue weighted by atomic mass is 35.5. The fourth-order valence-electron chi connectivity index (χ4n) is 6.60. The first-order valence-electron chi connectivity index (χ1n) is 18.8. The number of fused-ring (bicyclic) bond motifs is 2. The quantitative estimate of drug-likeness (QED) is 0.0519. The highest BCUT2D eigenvalue weighted by molar-refractivity contribution is 6.32. The average molecular weight is 1070 g/mol. The lowest BCUT2D eigenvalue weighted by atomic mass is 9.91. The molecule has 0 aliphatic carbocycles. The number of aromatic nitrogens is 2. The molecule has 0 amide bonds. The number of hydrogen-bond donors (Lipinski definition) is 0. The molecule has 0 radical (unpaired) electrons. The molecule has 0 atom stereocenters. The Bertz CT molecular complexity index is 3020. The van der Waals surface area contributed by atoms with Crippen molar-refractivity contribution in [1.82, 2.24) is 4.98 Å². The molecule has 0 N–H and O–H groups in total. The molecule has 0 spiro atoms. The Hall–Kier alpha value is -6.75. The van der Waals surface area contributed by atoms with E-state index in [-0.39, 0.29) is 46.6 Å². The van der Waals surface area contributed by atoms with Crippen LogP contribution in [0, 0.1) is 16.5 Å². The zero-order valence-corrected chi connectivity index (χ0v) is 35.7. The Morgan fingerprint density at radius 1 is 0.606 bits per heavy atom. The Balaban J connectivity index is 0.000000264. The van der Waals surface area contributed by atoms with Crippen LogP contribution in [0.2, 0.25) is 10.0 Å². The van der Waals surface area contributed by atoms with Crippen molar-refractivity contribution >= 4 is 56.6 Å². The van der Waals surface area contributed by atoms with Gasteiger partial charge in [-0.1, -0.05) is 23.2 Å². The van der Waals surface area contributed by atoms with Gasteiger partial charge in [0.2, 0.25) is 5.52 Å². The second-order valence-corrected chi connectivity index (χ2v) is 15.3. The van der Waals surface area contributed by atoms with Crippen molar-refractivity contribution < 1.29 is 103 Å². The number of rotatable bonds is 12. The number of alkyl halides is 18. The van der Waals surface area contributed by atoms with Crippen LogP contribution in [0.25, 0.3) is 21.8 Å². The van der Waals surface area contributed by atoms with E-state index in [2.05, 4.69) is 14.5 Å². The number of carbonyl (C=O) groups is 2. The first-order chi connectivity index (χ1) is 32.6. The third-order valence-electron chi connectivity index (χ3n) is 9.98. The van der Waals surface area contributed by atoms with E-state index in [1.54, 1.807) is 0 Å². The monoisotopic (exact) mass is 1070 g/mol. The van der Waals surface area contributed by atoms with Gasteiger partial charge in [0, 0.05) is 79.2 Å². The van der Waals surface area contributed by atoms with Crippen LogP contribution in [0.4, 0.5) is 79.0 Å². The van der Waals surface area contributed by atoms with Crippen molar-refractivity contribution in [3.8, 4) is 17.6 Å². The van der Waals surface area contributed by atoms with Crippen LogP contribution >= 0.6 is 23.2 Å². The molecule has 0 saturated heterocycles. The summed E-state index contributed by atoms with van der Waals surface area (Å²) in [5.41, 5.74) is -17.2. The lowest BCUT2D eigenvalue weighted by molar-refractivity contribution is -0.577. The minimum atomic E-state index is -6.53. The second-order valence-electron chi connectivity index (χ2n) is 14.5. The van der Waals surface area contributed by atoms with Crippen LogP contribution in [-0.4, -0.2) is 54.5 Å². The molecule has 0 fully saturated rings. The van der Waals surface area contributed by atoms with Gasteiger partial charge < -0.3 is 14.7 Å². The Morgan fingerprint density at radius 3 is 1.44 bits per heavy atom. The van der Waals surface area contributed by atoms with E-state index in [0.29, 0.717) is 21.0 Å². The van der Waals surface area contributed by atoms with Gasteiger partial charge >= 0.3 is 49.3 Å². The number of hydrogen-bond acceptors (Lipinski definition) is 7. The van der Waals surface area contributed by atoms with Crippen LogP contribution in [0.3, 0.4) is 0 Å². The van der Waals surface area contributed by atoms with Gasteiger partial charge in [-0.05, 0) is 72.8 Å². The molecule has 378 valence electrons. The summed E-state index contributed by atoms with van der Waals surface area (Å²) in [6.45, 7) is -7.51. The summed E-state index contributed by atoms with van der Waals surface area (Å²) >= 11 is 11.5. The van der Waals surface area contributed by atoms with Crippen LogP contribution in [0.15, 0.2) is 91.1 Å². The summed E-state index contributed by atoms with van der Waals surface area (Å²) in [4.78, 5) is 29.5. The average Bonchev–Trinajstić information content (AvgIpc) is 3.25. The van der Waals surface area contributed by atoms with Gasteiger partial charge in [0.15, 0.2) is 17.8 Å². The molecule has 2 aromatic heterocycles. The third-order valence-corrected chi connectivity index (χ3v) is 10.7. The Labute approximate surface area is 394 Å². The molecule has 0 unspecified atom stereocenters. The molecule has 0 aliphatic heterocycles. The highest BCUT2D eigenvalue weighted by Gasteiger charge is 2.74. The fraction of sp³-hybridized carbons (Fsp3) is 0.233. The zero-order chi connectivity index (χ0) is 53.4. The van der Waals surface area contributed by atoms with Gasteiger partial charge in [-0.3, -0.25) is 9.59 Å². The molecule has 6 rings (SSSR count). The molecule has 8 nitrogen and oxygen atoms in total. The lowest BCUT2D eigenvalue weighted by Crippen LogP contribution is -2.50. The van der Waals surface area contributed by atoms with Crippen molar-refractivity contribution in [3.63, 3.8) is 0 Å². The standard InChI is InChI=1S/C22H10ClF9N2O2.C21H11ClF9NO3/c23-15-6-12(20(26,21(27,28)29)22(30,31)32)7-18(36-19(24)25)14(15)8-17(35)11-2-4-16-10(5-11)1-3-13(9-33)34-16;22-14-7-12(19(25,20(26,27)28)21(29,30)31)8-17(35-18(23)24)13(14)9-16(33)11-3-4-15-10(6-11)2-1-5-32(15)34/h1-7,19H,8H2;1-8,18H,9H2. The van der Waals surface area contributed by atoms with E-state index in [9.17, 15) is 93.8 Å². The van der Waals surface area contributed by atoms with Crippen molar-refractivity contribution in [2.45, 2.75) is 62.1 Å². The number of ether oxygens (including phenoxy) is 2. The normalized spacial score (nSPS) is 12.7. The van der Waals surface area contributed by atoms with E-state index >= 15 is 0 Å². The molecule has 28 heteroatoms. The summed E-state index contributed by atoms with van der Waals surface area (Å²) in [5, 5.41) is 19.2. The molecule has 71 heavy (non-hydrogen) atoms. The van der Waals surface area contributed by atoms with E-state index in [1.165, 1.54) is 66.9 Å². The summed E-state index contributed by atoms with van der Waals surface area (Å²) in [6, 6.07) is 14.6. The molecule has 6 aromatic rings. The molecule has 0 bridgehead atoms. The van der Waals surface area contributed by atoms with Gasteiger partial charge in [0.25, 0.3) is 0 Å². The summed E-state index contributed by atoms with van der Waals surface area (Å²) in [6.07, 6.45) is -26.7. The van der Waals surface area contributed by atoms with Gasteiger partial charge in [-0.2, -0.15) is 80.2 Å². The number of benzene rings is 4. The summed E-state index contributed by atoms with van der Waals surface area (Å²) in [7, 11) is 0. The number of nitriles is 1. The smallest absolute Gasteiger partial charge is 0.435 e. The first-order valence-corrected chi connectivity index (χ1v) is 19.6. The minimum Gasteiger partial charge on any atom is -0.618 e. The van der Waals surface area contributed by atoms with Crippen LogP contribution in [0.5, 0.6) is 11.5 Å². The first kappa shape index (κ1) is 55.2. The second kappa shape index (κ2) is 20.2. The van der Waals surface area contributed by atoms with Crippen LogP contribution in [-0.2, 0) is 24.2 Å². The summed E-state index contributed by atoms with van der Waals surface area (Å²) < 4.78 is 246. The molecule has 0 saturated carbocycles. The lowest BCUT2D eigenvalue weighted by Gasteiger charge is -2.31. The minimum absolute atomic E-state index is 0.0444. The van der Waals surface area contributed by atoms with E-state index in [4.69, 9.17) is 28.5 Å². The molecule has 2 heterocycles. The maximum atomic E-state index is 14.5. The predicted molar refractivity (Wildman–Crippen MR) is 211 cm³/mol. The van der Waals surface area contributed by atoms with E-state index in [1.807, 2.05) is 6.07 Å².